The molecule has 0 saturated carbocycles. The molecule has 0 amide bonds. The van der Waals surface area contributed by atoms with Crippen molar-refractivity contribution in [2.24, 2.45) is 0 Å². The Bertz CT molecular complexity index is 1440. The number of hydrogen-bond acceptors (Lipinski definition) is 7. The van der Waals surface area contributed by atoms with Gasteiger partial charge in [-0.15, -0.1) is 0 Å². The second-order valence-corrected chi connectivity index (χ2v) is 8.51. The van der Waals surface area contributed by atoms with E-state index in [1.807, 2.05) is 24.3 Å². The summed E-state index contributed by atoms with van der Waals surface area (Å²) in [5, 5.41) is 8.78. The monoisotopic (exact) mass is 484 g/mol. The van der Waals surface area contributed by atoms with Gasteiger partial charge >= 0.3 is 5.97 Å². The first-order valence-electron chi connectivity index (χ1n) is 12.1. The first kappa shape index (κ1) is 23.3. The summed E-state index contributed by atoms with van der Waals surface area (Å²) in [4.78, 5) is 34.7. The van der Waals surface area contributed by atoms with Crippen molar-refractivity contribution in [1.29, 1.82) is 0 Å². The molecule has 1 aliphatic heterocycles. The molecule has 9 heteroatoms. The largest absolute Gasteiger partial charge is 0.465 e. The SMILES string of the molecule is CCOC(=O)Cn1nccc1-c1cc2cc[nH]c(=O)c2c(Nc2ccc(N3CCC=CCC3)cc2)n1. The Labute approximate surface area is 208 Å². The maximum atomic E-state index is 12.7. The molecular weight excluding hydrogens is 456 g/mol. The predicted octanol–water partition coefficient (Wildman–Crippen LogP) is 4.25. The van der Waals surface area contributed by atoms with Gasteiger partial charge < -0.3 is 19.9 Å². The van der Waals surface area contributed by atoms with Crippen LogP contribution in [0, 0.1) is 0 Å². The number of nitrogens with zero attached hydrogens (tertiary/aromatic N) is 4. The van der Waals surface area contributed by atoms with Crippen molar-refractivity contribution in [1.82, 2.24) is 19.7 Å². The summed E-state index contributed by atoms with van der Waals surface area (Å²) >= 11 is 0. The van der Waals surface area contributed by atoms with Crippen LogP contribution in [0.15, 0.2) is 71.8 Å². The molecule has 0 fully saturated rings. The Hall–Kier alpha value is -4.40. The van der Waals surface area contributed by atoms with Gasteiger partial charge in [0, 0.05) is 36.9 Å². The zero-order valence-corrected chi connectivity index (χ0v) is 20.1. The maximum absolute atomic E-state index is 12.7. The number of aromatic nitrogens is 4. The highest BCUT2D eigenvalue weighted by molar-refractivity contribution is 5.95. The van der Waals surface area contributed by atoms with Crippen LogP contribution < -0.4 is 15.8 Å². The Kier molecular flexibility index (Phi) is 6.79. The van der Waals surface area contributed by atoms with E-state index in [-0.39, 0.29) is 18.1 Å². The lowest BCUT2D eigenvalue weighted by Gasteiger charge is -2.23. The first-order valence-corrected chi connectivity index (χ1v) is 12.1. The average Bonchev–Trinajstić information content (AvgIpc) is 3.16. The van der Waals surface area contributed by atoms with Crippen LogP contribution in [0.1, 0.15) is 19.8 Å². The van der Waals surface area contributed by atoms with Crippen LogP contribution in [0.4, 0.5) is 17.2 Å². The summed E-state index contributed by atoms with van der Waals surface area (Å²) in [6, 6.07) is 13.6. The molecule has 1 aromatic carbocycles. The molecule has 0 bridgehead atoms. The highest BCUT2D eigenvalue weighted by Crippen LogP contribution is 2.29. The minimum Gasteiger partial charge on any atom is -0.465 e. The lowest BCUT2D eigenvalue weighted by Crippen LogP contribution is -2.23. The number of pyridine rings is 2. The number of ether oxygens (including phenoxy) is 1. The van der Waals surface area contributed by atoms with Crippen molar-refractivity contribution in [3.63, 3.8) is 0 Å². The van der Waals surface area contributed by atoms with Gasteiger partial charge in [-0.1, -0.05) is 12.2 Å². The normalized spacial score (nSPS) is 13.5. The van der Waals surface area contributed by atoms with Crippen LogP contribution in [0.3, 0.4) is 0 Å². The summed E-state index contributed by atoms with van der Waals surface area (Å²) in [7, 11) is 0. The molecule has 2 N–H and O–H groups in total. The van der Waals surface area contributed by atoms with Gasteiger partial charge in [0.15, 0.2) is 0 Å². The van der Waals surface area contributed by atoms with Crippen molar-refractivity contribution < 1.29 is 9.53 Å². The van der Waals surface area contributed by atoms with Gasteiger partial charge in [-0.25, -0.2) is 4.98 Å². The van der Waals surface area contributed by atoms with Crippen LogP contribution in [0.25, 0.3) is 22.2 Å². The Morgan fingerprint density at radius 3 is 2.64 bits per heavy atom. The van der Waals surface area contributed by atoms with Crippen molar-refractivity contribution in [3.05, 3.63) is 77.4 Å². The van der Waals surface area contributed by atoms with E-state index in [1.165, 1.54) is 0 Å². The summed E-state index contributed by atoms with van der Waals surface area (Å²) in [6.07, 6.45) is 9.77. The molecule has 4 aromatic rings. The number of esters is 1. The van der Waals surface area contributed by atoms with Crippen LogP contribution >= 0.6 is 0 Å². The third-order valence-electron chi connectivity index (χ3n) is 6.11. The second-order valence-electron chi connectivity index (χ2n) is 8.51. The molecule has 9 nitrogen and oxygen atoms in total. The van der Waals surface area contributed by atoms with Crippen LogP contribution in [0.2, 0.25) is 0 Å². The molecule has 1 aliphatic rings. The minimum absolute atomic E-state index is 0.0263. The number of rotatable bonds is 7. The fourth-order valence-corrected chi connectivity index (χ4v) is 4.40. The predicted molar refractivity (Wildman–Crippen MR) is 141 cm³/mol. The van der Waals surface area contributed by atoms with E-state index in [0.29, 0.717) is 29.2 Å². The number of carbonyl (C=O) groups excluding carboxylic acids is 1. The maximum Gasteiger partial charge on any atom is 0.327 e. The number of nitrogens with one attached hydrogen (secondary N) is 2. The second kappa shape index (κ2) is 10.5. The Balaban J connectivity index is 1.48. The van der Waals surface area contributed by atoms with Crippen molar-refractivity contribution in [2.75, 3.05) is 29.9 Å². The van der Waals surface area contributed by atoms with Crippen LogP contribution in [0.5, 0.6) is 0 Å². The van der Waals surface area contributed by atoms with Crippen molar-refractivity contribution in [3.8, 4) is 11.4 Å². The summed E-state index contributed by atoms with van der Waals surface area (Å²) < 4.78 is 6.62. The van der Waals surface area contributed by atoms with Gasteiger partial charge in [-0.3, -0.25) is 14.3 Å². The third kappa shape index (κ3) is 5.00. The molecule has 36 heavy (non-hydrogen) atoms. The van der Waals surface area contributed by atoms with Gasteiger partial charge in [0.25, 0.3) is 5.56 Å². The quantitative estimate of drug-likeness (QED) is 0.298. The third-order valence-corrected chi connectivity index (χ3v) is 6.11. The fraction of sp³-hybridized carbons (Fsp3) is 0.259. The van der Waals surface area contributed by atoms with Crippen LogP contribution in [-0.2, 0) is 16.1 Å². The van der Waals surface area contributed by atoms with Gasteiger partial charge in [0.05, 0.1) is 23.4 Å². The number of anilines is 3. The van der Waals surface area contributed by atoms with E-state index < -0.39 is 0 Å². The number of hydrogen-bond donors (Lipinski definition) is 2. The van der Waals surface area contributed by atoms with E-state index in [1.54, 1.807) is 30.1 Å². The van der Waals surface area contributed by atoms with Gasteiger partial charge in [-0.2, -0.15) is 5.10 Å². The molecule has 5 rings (SSSR count). The van der Waals surface area contributed by atoms with Gasteiger partial charge in [0.1, 0.15) is 12.4 Å². The number of fused-ring (bicyclic) bond motifs is 1. The zero-order chi connectivity index (χ0) is 24.9. The highest BCUT2D eigenvalue weighted by Gasteiger charge is 2.16. The van der Waals surface area contributed by atoms with E-state index in [0.717, 1.165) is 42.7 Å². The zero-order valence-electron chi connectivity index (χ0n) is 20.1. The first-order chi connectivity index (χ1) is 17.6. The molecule has 0 saturated heterocycles. The molecule has 3 aromatic heterocycles. The number of aromatic amines is 1. The van der Waals surface area contributed by atoms with Gasteiger partial charge in [0.2, 0.25) is 0 Å². The molecule has 184 valence electrons. The number of carbonyl (C=O) groups is 1. The molecule has 0 spiro atoms. The lowest BCUT2D eigenvalue weighted by molar-refractivity contribution is -0.144. The van der Waals surface area contributed by atoms with Crippen molar-refractivity contribution >= 4 is 33.9 Å². The molecule has 0 aliphatic carbocycles. The number of H-pyrrole nitrogens is 1. The molecule has 4 heterocycles. The van der Waals surface area contributed by atoms with Crippen LogP contribution in [-0.4, -0.2) is 45.4 Å². The summed E-state index contributed by atoms with van der Waals surface area (Å²) in [6.45, 7) is 4.02. The van der Waals surface area contributed by atoms with Crippen molar-refractivity contribution in [2.45, 2.75) is 26.3 Å². The molecular formula is C27H28N6O3. The molecule has 0 radical (unpaired) electrons. The average molecular weight is 485 g/mol. The Morgan fingerprint density at radius 2 is 1.89 bits per heavy atom. The molecule has 0 unspecified atom stereocenters. The highest BCUT2D eigenvalue weighted by atomic mass is 16.5. The van der Waals surface area contributed by atoms with E-state index >= 15 is 0 Å². The van der Waals surface area contributed by atoms with E-state index in [4.69, 9.17) is 9.72 Å². The standard InChI is InChI=1S/C27H28N6O3/c1-2-36-24(34)18-33-23(12-14-29-33)22-17-19-11-13-28-27(35)25(19)26(31-22)30-20-7-9-21(10-8-20)32-15-5-3-4-6-16-32/h3-4,7-14,17H,2,5-6,15-16,18H2,1H3,(H,28,35)(H,30,31). The van der Waals surface area contributed by atoms with E-state index in [9.17, 15) is 9.59 Å². The van der Waals surface area contributed by atoms with E-state index in [2.05, 4.69) is 44.6 Å². The topological polar surface area (TPSA) is 105 Å². The number of benzene rings is 1. The minimum atomic E-state index is -0.377. The summed E-state index contributed by atoms with van der Waals surface area (Å²) in [5.41, 5.74) is 2.99. The fourth-order valence-electron chi connectivity index (χ4n) is 4.40. The lowest BCUT2D eigenvalue weighted by atomic mass is 10.1. The smallest absolute Gasteiger partial charge is 0.327 e. The Morgan fingerprint density at radius 1 is 1.11 bits per heavy atom. The van der Waals surface area contributed by atoms with Gasteiger partial charge in [-0.05, 0) is 67.6 Å². The summed E-state index contributed by atoms with van der Waals surface area (Å²) in [5.74, 6) is 0.0540. The molecule has 0 atom stereocenters.